The number of hydrogen-bond donors (Lipinski definition) is 0. The molecule has 25 heavy (non-hydrogen) atoms. The quantitative estimate of drug-likeness (QED) is 0.753. The van der Waals surface area contributed by atoms with Gasteiger partial charge in [-0.15, -0.1) is 5.10 Å². The number of aromatic nitrogens is 3. The Balaban J connectivity index is 1.26. The average Bonchev–Trinajstić information content (AvgIpc) is 3.03. The molecule has 1 spiro atoms. The second kappa shape index (κ2) is 7.06. The lowest BCUT2D eigenvalue weighted by Gasteiger charge is -2.50. The van der Waals surface area contributed by atoms with Crippen LogP contribution in [-0.2, 0) is 16.1 Å². The summed E-state index contributed by atoms with van der Waals surface area (Å²) >= 11 is 0. The molecule has 0 N–H and O–H groups in total. The smallest absolute Gasteiger partial charge is 0.151 e. The van der Waals surface area contributed by atoms with Crippen LogP contribution < -0.4 is 4.90 Å². The Hall–Kier alpha value is -2.05. The monoisotopic (exact) mass is 340 g/mol. The summed E-state index contributed by atoms with van der Waals surface area (Å²) < 4.78 is 12.0. The van der Waals surface area contributed by atoms with E-state index in [1.807, 2.05) is 37.4 Å². The predicted octanol–water partition coefficient (Wildman–Crippen LogP) is 2.38. The third-order valence-corrected chi connectivity index (χ3v) is 5.23. The van der Waals surface area contributed by atoms with Crippen molar-refractivity contribution < 1.29 is 9.47 Å². The van der Waals surface area contributed by atoms with Crippen LogP contribution in [0.5, 0.6) is 0 Å². The molecule has 4 heterocycles. The van der Waals surface area contributed by atoms with Crippen molar-refractivity contribution in [1.29, 1.82) is 0 Å². The molecule has 2 aliphatic rings. The third-order valence-electron chi connectivity index (χ3n) is 5.23. The van der Waals surface area contributed by atoms with Crippen LogP contribution >= 0.6 is 0 Å². The average molecular weight is 340 g/mol. The van der Waals surface area contributed by atoms with E-state index in [0.717, 1.165) is 56.2 Å². The number of pyridine rings is 1. The zero-order valence-electron chi connectivity index (χ0n) is 14.6. The highest BCUT2D eigenvalue weighted by molar-refractivity contribution is 5.43. The topological polar surface area (TPSA) is 60.4 Å². The van der Waals surface area contributed by atoms with Crippen LogP contribution in [0.3, 0.4) is 0 Å². The first-order chi connectivity index (χ1) is 12.3. The summed E-state index contributed by atoms with van der Waals surface area (Å²) in [5.74, 6) is 1.49. The fourth-order valence-corrected chi connectivity index (χ4v) is 3.76. The Morgan fingerprint density at radius 3 is 2.96 bits per heavy atom. The van der Waals surface area contributed by atoms with E-state index in [1.165, 1.54) is 0 Å². The van der Waals surface area contributed by atoms with Gasteiger partial charge < -0.3 is 14.4 Å². The lowest BCUT2D eigenvalue weighted by Crippen LogP contribution is -2.65. The van der Waals surface area contributed by atoms with Crippen molar-refractivity contribution in [2.75, 3.05) is 31.2 Å². The van der Waals surface area contributed by atoms with E-state index in [2.05, 4.69) is 20.1 Å². The number of aryl methyl sites for hydroxylation is 1. The molecule has 2 fully saturated rings. The van der Waals surface area contributed by atoms with Crippen molar-refractivity contribution in [3.63, 3.8) is 0 Å². The van der Waals surface area contributed by atoms with Gasteiger partial charge in [0.05, 0.1) is 25.4 Å². The molecule has 2 aromatic heterocycles. The van der Waals surface area contributed by atoms with Crippen LogP contribution in [-0.4, -0.2) is 47.1 Å². The molecule has 2 aromatic rings. The van der Waals surface area contributed by atoms with Gasteiger partial charge in [0, 0.05) is 25.6 Å². The van der Waals surface area contributed by atoms with Gasteiger partial charge in [-0.05, 0) is 49.4 Å². The van der Waals surface area contributed by atoms with E-state index in [1.54, 1.807) is 6.20 Å². The second-order valence-corrected chi connectivity index (χ2v) is 6.99. The first-order valence-corrected chi connectivity index (χ1v) is 8.91. The van der Waals surface area contributed by atoms with Gasteiger partial charge in [0.2, 0.25) is 0 Å². The molecular weight excluding hydrogens is 316 g/mol. The van der Waals surface area contributed by atoms with E-state index in [0.29, 0.717) is 12.5 Å². The molecule has 0 bridgehead atoms. The highest BCUT2D eigenvalue weighted by atomic mass is 16.5. The van der Waals surface area contributed by atoms with Gasteiger partial charge in [0.15, 0.2) is 5.82 Å². The first kappa shape index (κ1) is 16.4. The molecular formula is C19H24N4O2. The van der Waals surface area contributed by atoms with Gasteiger partial charge in [-0.25, -0.2) is 0 Å². The molecule has 0 unspecified atom stereocenters. The number of ether oxygens (including phenoxy) is 2. The first-order valence-electron chi connectivity index (χ1n) is 8.91. The zero-order valence-corrected chi connectivity index (χ0v) is 14.6. The Bertz CT molecular complexity index is 686. The zero-order chi connectivity index (χ0) is 17.1. The van der Waals surface area contributed by atoms with Gasteiger partial charge in [0.25, 0.3) is 0 Å². The molecule has 0 saturated carbocycles. The maximum atomic E-state index is 6.12. The van der Waals surface area contributed by atoms with Crippen LogP contribution in [0, 0.1) is 12.8 Å². The van der Waals surface area contributed by atoms with Crippen molar-refractivity contribution in [1.82, 2.24) is 15.2 Å². The van der Waals surface area contributed by atoms with E-state index in [-0.39, 0.29) is 5.60 Å². The van der Waals surface area contributed by atoms with E-state index in [9.17, 15) is 0 Å². The second-order valence-electron chi connectivity index (χ2n) is 6.99. The standard InChI is InChI=1S/C19H24N4O2/c1-15-4-5-18(22-21-15)23-13-19(14-23)17(7-10-25-19)6-9-24-12-16-3-2-8-20-11-16/h2-5,8,11,17H,6-7,9-10,12-14H2,1H3/t17-/m0/s1. The highest BCUT2D eigenvalue weighted by Crippen LogP contribution is 2.42. The summed E-state index contributed by atoms with van der Waals surface area (Å²) in [7, 11) is 0. The van der Waals surface area contributed by atoms with Crippen molar-refractivity contribution in [3.8, 4) is 0 Å². The summed E-state index contributed by atoms with van der Waals surface area (Å²) in [5, 5.41) is 8.43. The number of anilines is 1. The minimum Gasteiger partial charge on any atom is -0.377 e. The number of hydrogen-bond acceptors (Lipinski definition) is 6. The fraction of sp³-hybridized carbons (Fsp3) is 0.526. The van der Waals surface area contributed by atoms with Crippen LogP contribution in [0.2, 0.25) is 0 Å². The van der Waals surface area contributed by atoms with Crippen molar-refractivity contribution >= 4 is 5.82 Å². The van der Waals surface area contributed by atoms with Crippen molar-refractivity contribution in [2.24, 2.45) is 5.92 Å². The molecule has 4 rings (SSSR count). The molecule has 132 valence electrons. The largest absolute Gasteiger partial charge is 0.377 e. The van der Waals surface area contributed by atoms with E-state index in [4.69, 9.17) is 9.47 Å². The molecule has 2 saturated heterocycles. The number of nitrogens with zero attached hydrogens (tertiary/aromatic N) is 4. The van der Waals surface area contributed by atoms with Gasteiger partial charge in [-0.3, -0.25) is 4.98 Å². The summed E-state index contributed by atoms with van der Waals surface area (Å²) in [4.78, 5) is 6.36. The highest BCUT2D eigenvalue weighted by Gasteiger charge is 2.53. The molecule has 1 atom stereocenters. The van der Waals surface area contributed by atoms with Crippen LogP contribution in [0.4, 0.5) is 5.82 Å². The predicted molar refractivity (Wildman–Crippen MR) is 94.3 cm³/mol. The SMILES string of the molecule is Cc1ccc(N2CC3(C2)OCC[C@@H]3CCOCc2cccnc2)nn1. The summed E-state index contributed by atoms with van der Waals surface area (Å²) in [5.41, 5.74) is 2.04. The summed E-state index contributed by atoms with van der Waals surface area (Å²) in [6.07, 6.45) is 5.79. The maximum absolute atomic E-state index is 6.12. The lowest BCUT2D eigenvalue weighted by atomic mass is 9.79. The summed E-state index contributed by atoms with van der Waals surface area (Å²) in [6.45, 7) is 5.99. The minimum atomic E-state index is -0.0236. The molecule has 6 nitrogen and oxygen atoms in total. The van der Waals surface area contributed by atoms with Crippen molar-refractivity contribution in [3.05, 3.63) is 47.9 Å². The molecule has 0 aliphatic carbocycles. The summed E-state index contributed by atoms with van der Waals surface area (Å²) in [6, 6.07) is 8.03. The molecule has 0 amide bonds. The Morgan fingerprint density at radius 2 is 2.20 bits per heavy atom. The van der Waals surface area contributed by atoms with E-state index >= 15 is 0 Å². The minimum absolute atomic E-state index is 0.0236. The van der Waals surface area contributed by atoms with Gasteiger partial charge >= 0.3 is 0 Å². The molecule has 0 radical (unpaired) electrons. The molecule has 2 aliphatic heterocycles. The molecule has 6 heteroatoms. The van der Waals surface area contributed by atoms with Crippen molar-refractivity contribution in [2.45, 2.75) is 32.0 Å². The van der Waals surface area contributed by atoms with Crippen LogP contribution in [0.15, 0.2) is 36.7 Å². The maximum Gasteiger partial charge on any atom is 0.151 e. The van der Waals surface area contributed by atoms with E-state index < -0.39 is 0 Å². The molecule has 0 aromatic carbocycles. The van der Waals surface area contributed by atoms with Gasteiger partial charge in [0.1, 0.15) is 5.60 Å². The van der Waals surface area contributed by atoms with Gasteiger partial charge in [-0.2, -0.15) is 5.10 Å². The van der Waals surface area contributed by atoms with Crippen LogP contribution in [0.25, 0.3) is 0 Å². The normalized spacial score (nSPS) is 21.5. The Morgan fingerprint density at radius 1 is 1.28 bits per heavy atom. The lowest BCUT2D eigenvalue weighted by molar-refractivity contribution is -0.0512. The van der Waals surface area contributed by atoms with Crippen LogP contribution in [0.1, 0.15) is 24.1 Å². The van der Waals surface area contributed by atoms with Gasteiger partial charge in [-0.1, -0.05) is 6.07 Å². The fourth-order valence-electron chi connectivity index (χ4n) is 3.76. The third kappa shape index (κ3) is 3.50. The Labute approximate surface area is 148 Å². The number of rotatable bonds is 6. The Kier molecular flexibility index (Phi) is 4.63.